The minimum absolute atomic E-state index is 0. The summed E-state index contributed by atoms with van der Waals surface area (Å²) in [6, 6.07) is 0. The SMILES string of the molecule is Cl.O.O.O=P(O)(O)O.[NaH]. The zero-order valence-electron chi connectivity index (χ0n) is 3.61. The summed E-state index contributed by atoms with van der Waals surface area (Å²) >= 11 is 0. The fourth-order valence-corrected chi connectivity index (χ4v) is 0. The molecule has 0 spiro atoms. The molecule has 9 heavy (non-hydrogen) atoms. The van der Waals surface area contributed by atoms with Gasteiger partial charge in [-0.3, -0.25) is 0 Å². The number of hydrogen-bond donors (Lipinski definition) is 3. The van der Waals surface area contributed by atoms with Crippen LogP contribution in [0.5, 0.6) is 0 Å². The van der Waals surface area contributed by atoms with Crippen molar-refractivity contribution >= 4 is 49.8 Å². The van der Waals surface area contributed by atoms with Gasteiger partial charge in [0.05, 0.1) is 0 Å². The van der Waals surface area contributed by atoms with Gasteiger partial charge in [-0.05, 0) is 0 Å². The molecular weight excluding hydrogens is 185 g/mol. The molecule has 0 bridgehead atoms. The van der Waals surface area contributed by atoms with E-state index in [4.69, 9.17) is 19.2 Å². The van der Waals surface area contributed by atoms with Gasteiger partial charge in [0.25, 0.3) is 0 Å². The Bertz CT molecular complexity index is 59.2. The normalized spacial score (nSPS) is 6.56. The molecule has 0 radical (unpaired) electrons. The summed E-state index contributed by atoms with van der Waals surface area (Å²) in [5.74, 6) is 0. The van der Waals surface area contributed by atoms with Gasteiger partial charge in [-0.15, -0.1) is 12.4 Å². The monoisotopic (exact) mass is 194 g/mol. The molecule has 0 atom stereocenters. The van der Waals surface area contributed by atoms with Crippen molar-refractivity contribution in [3.63, 3.8) is 0 Å². The number of hydrogen-bond acceptors (Lipinski definition) is 1. The van der Waals surface area contributed by atoms with Crippen LogP contribution < -0.4 is 0 Å². The van der Waals surface area contributed by atoms with Gasteiger partial charge in [-0.25, -0.2) is 4.57 Å². The molecule has 0 unspecified atom stereocenters. The summed E-state index contributed by atoms with van der Waals surface area (Å²) in [7, 11) is -4.64. The van der Waals surface area contributed by atoms with E-state index in [0.29, 0.717) is 0 Å². The molecule has 0 heterocycles. The molecule has 0 aliphatic rings. The third-order valence-electron chi connectivity index (χ3n) is 0. The molecule has 9 heteroatoms. The average Bonchev–Trinajstić information content (AvgIpc) is 0.722. The van der Waals surface area contributed by atoms with Crippen molar-refractivity contribution in [3.8, 4) is 0 Å². The van der Waals surface area contributed by atoms with Crippen molar-refractivity contribution < 1.29 is 30.2 Å². The molecule has 0 amide bonds. The van der Waals surface area contributed by atoms with Crippen LogP contribution >= 0.6 is 20.2 Å². The van der Waals surface area contributed by atoms with E-state index in [1.165, 1.54) is 0 Å². The van der Waals surface area contributed by atoms with E-state index in [1.807, 2.05) is 0 Å². The Kier molecular flexibility index (Phi) is 42.4. The van der Waals surface area contributed by atoms with Crippen molar-refractivity contribution in [1.29, 1.82) is 0 Å². The Labute approximate surface area is 79.8 Å². The maximum absolute atomic E-state index is 8.88. The molecule has 0 saturated carbocycles. The van der Waals surface area contributed by atoms with E-state index < -0.39 is 7.82 Å². The Morgan fingerprint density at radius 2 is 1.00 bits per heavy atom. The summed E-state index contributed by atoms with van der Waals surface area (Å²) in [5, 5.41) is 0. The van der Waals surface area contributed by atoms with Crippen molar-refractivity contribution in [2.75, 3.05) is 0 Å². The van der Waals surface area contributed by atoms with Gasteiger partial charge in [0.15, 0.2) is 0 Å². The number of phosphoric acid groups is 1. The van der Waals surface area contributed by atoms with E-state index in [1.54, 1.807) is 0 Å². The molecule has 0 aliphatic heterocycles. The first-order chi connectivity index (χ1) is 2.00. The summed E-state index contributed by atoms with van der Waals surface area (Å²) in [6.07, 6.45) is 0. The van der Waals surface area contributed by atoms with Crippen LogP contribution in [0.2, 0.25) is 0 Å². The first-order valence-corrected chi connectivity index (χ1v) is 2.35. The fraction of sp³-hybridized carbons (Fsp3) is 0. The molecule has 6 nitrogen and oxygen atoms in total. The van der Waals surface area contributed by atoms with E-state index in [-0.39, 0.29) is 52.9 Å². The van der Waals surface area contributed by atoms with Crippen LogP contribution in [0.1, 0.15) is 0 Å². The molecule has 0 aliphatic carbocycles. The van der Waals surface area contributed by atoms with Gasteiger partial charge in [0.1, 0.15) is 0 Å². The summed E-state index contributed by atoms with van der Waals surface area (Å²) in [6.45, 7) is 0. The van der Waals surface area contributed by atoms with Crippen LogP contribution in [0.4, 0.5) is 0 Å². The first kappa shape index (κ1) is 31.7. The van der Waals surface area contributed by atoms with E-state index in [2.05, 4.69) is 0 Å². The topological polar surface area (TPSA) is 141 Å². The molecule has 0 fully saturated rings. The predicted octanol–water partition coefficient (Wildman–Crippen LogP) is -2.80. The molecule has 0 aromatic carbocycles. The number of rotatable bonds is 0. The Morgan fingerprint density at radius 1 is 1.00 bits per heavy atom. The second-order valence-corrected chi connectivity index (χ2v) is 1.54. The van der Waals surface area contributed by atoms with Gasteiger partial charge in [-0.2, -0.15) is 0 Å². The zero-order valence-corrected chi connectivity index (χ0v) is 5.32. The van der Waals surface area contributed by atoms with Crippen molar-refractivity contribution in [2.45, 2.75) is 0 Å². The van der Waals surface area contributed by atoms with Gasteiger partial charge in [-0.1, -0.05) is 0 Å². The minimum atomic E-state index is -4.64. The van der Waals surface area contributed by atoms with Crippen LogP contribution in [0, 0.1) is 0 Å². The van der Waals surface area contributed by atoms with Crippen molar-refractivity contribution in [2.24, 2.45) is 0 Å². The standard InChI is InChI=1S/ClH.Na.H3O4P.2H2O.H/c;;1-5(2,3)4;;;/h1H;;(H3,1,2,3,4);2*1H2;. The van der Waals surface area contributed by atoms with Gasteiger partial charge in [0.2, 0.25) is 0 Å². The van der Waals surface area contributed by atoms with E-state index in [9.17, 15) is 0 Å². The molecule has 58 valence electrons. The fourth-order valence-electron chi connectivity index (χ4n) is 0. The summed E-state index contributed by atoms with van der Waals surface area (Å²) in [5.41, 5.74) is 0. The second-order valence-electron chi connectivity index (χ2n) is 0.513. The van der Waals surface area contributed by atoms with Crippen LogP contribution in [0.15, 0.2) is 0 Å². The van der Waals surface area contributed by atoms with Crippen LogP contribution in [0.3, 0.4) is 0 Å². The summed E-state index contributed by atoms with van der Waals surface area (Å²) in [4.78, 5) is 21.6. The summed E-state index contributed by atoms with van der Waals surface area (Å²) < 4.78 is 8.88. The van der Waals surface area contributed by atoms with Crippen LogP contribution in [0.25, 0.3) is 0 Å². The van der Waals surface area contributed by atoms with E-state index in [0.717, 1.165) is 0 Å². The predicted molar refractivity (Wildman–Crippen MR) is 35.9 cm³/mol. The van der Waals surface area contributed by atoms with Gasteiger partial charge in [0, 0.05) is 0 Å². The van der Waals surface area contributed by atoms with Gasteiger partial charge >= 0.3 is 37.4 Å². The van der Waals surface area contributed by atoms with Crippen LogP contribution in [-0.2, 0) is 4.57 Å². The average molecular weight is 194 g/mol. The molecule has 7 N–H and O–H groups in total. The maximum atomic E-state index is 8.88. The third-order valence-corrected chi connectivity index (χ3v) is 0. The Hall–Kier alpha value is 1.32. The first-order valence-electron chi connectivity index (χ1n) is 0.783. The quantitative estimate of drug-likeness (QED) is 0.283. The third kappa shape index (κ3) is 287. The van der Waals surface area contributed by atoms with Crippen molar-refractivity contribution in [3.05, 3.63) is 0 Å². The zero-order chi connectivity index (χ0) is 4.50. The molecule has 0 rings (SSSR count). The molecule has 0 aromatic heterocycles. The van der Waals surface area contributed by atoms with Gasteiger partial charge < -0.3 is 25.6 Å². The Balaban J connectivity index is -0.0000000133. The second kappa shape index (κ2) is 12.0. The molecule has 0 saturated heterocycles. The molecular formula is H9ClNaO6P. The van der Waals surface area contributed by atoms with Crippen molar-refractivity contribution in [1.82, 2.24) is 0 Å². The van der Waals surface area contributed by atoms with Crippen LogP contribution in [-0.4, -0.2) is 55.2 Å². The molecule has 0 aromatic rings. The number of halogens is 1. The Morgan fingerprint density at radius 3 is 1.00 bits per heavy atom. The van der Waals surface area contributed by atoms with E-state index >= 15 is 0 Å².